The zero-order valence-corrected chi connectivity index (χ0v) is 11.6. The third-order valence-corrected chi connectivity index (χ3v) is 2.95. The fourth-order valence-corrected chi connectivity index (χ4v) is 1.99. The molecule has 0 saturated heterocycles. The van der Waals surface area contributed by atoms with Crippen LogP contribution in [0.3, 0.4) is 0 Å². The molecular weight excluding hydrogens is 266 g/mol. The molecule has 2 rings (SSSR count). The number of nitrogens with two attached hydrogens (primary N) is 1. The number of carbonyl (C=O) groups excluding carboxylic acids is 1. The second kappa shape index (κ2) is 7.16. The normalized spacial score (nSPS) is 14.9. The molecule has 1 aromatic rings. The van der Waals surface area contributed by atoms with Crippen LogP contribution >= 0.6 is 12.4 Å². The molecule has 0 aromatic heterocycles. The van der Waals surface area contributed by atoms with Crippen LogP contribution in [0, 0.1) is 0 Å². The van der Waals surface area contributed by atoms with Crippen LogP contribution < -0.4 is 10.5 Å². The first kappa shape index (κ1) is 15.5. The summed E-state index contributed by atoms with van der Waals surface area (Å²) in [5.41, 5.74) is 7.91. The third kappa shape index (κ3) is 3.98. The first-order valence-electron chi connectivity index (χ1n) is 5.95. The number of esters is 1. The summed E-state index contributed by atoms with van der Waals surface area (Å²) in [5.74, 6) is 0.494. The second-order valence-electron chi connectivity index (χ2n) is 4.27. The number of fused-ring (bicyclic) bond motifs is 1. The Bertz CT molecular complexity index is 474. The van der Waals surface area contributed by atoms with E-state index in [-0.39, 0.29) is 18.4 Å². The highest BCUT2D eigenvalue weighted by Crippen LogP contribution is 2.27. The number of para-hydroxylation sites is 1. The van der Waals surface area contributed by atoms with Gasteiger partial charge in [0.2, 0.25) is 0 Å². The first-order chi connectivity index (χ1) is 8.70. The molecule has 1 aliphatic heterocycles. The van der Waals surface area contributed by atoms with Gasteiger partial charge in [0.1, 0.15) is 11.8 Å². The Hall–Kier alpha value is -1.52. The van der Waals surface area contributed by atoms with Gasteiger partial charge in [-0.2, -0.15) is 0 Å². The van der Waals surface area contributed by atoms with Gasteiger partial charge in [0, 0.05) is 12.0 Å². The molecule has 0 spiro atoms. The number of benzene rings is 1. The van der Waals surface area contributed by atoms with Gasteiger partial charge in [-0.1, -0.05) is 29.8 Å². The van der Waals surface area contributed by atoms with Gasteiger partial charge in [0.25, 0.3) is 0 Å². The van der Waals surface area contributed by atoms with Crippen LogP contribution in [0.5, 0.6) is 5.75 Å². The maximum atomic E-state index is 11.3. The molecule has 1 aromatic carbocycles. The quantitative estimate of drug-likeness (QED) is 0.864. The predicted molar refractivity (Wildman–Crippen MR) is 76.4 cm³/mol. The molecule has 1 atom stereocenters. The maximum absolute atomic E-state index is 11.3. The summed E-state index contributed by atoms with van der Waals surface area (Å²) in [6, 6.07) is 7.23. The minimum atomic E-state index is -0.605. The highest BCUT2D eigenvalue weighted by atomic mass is 35.5. The van der Waals surface area contributed by atoms with E-state index >= 15 is 0 Å². The molecule has 4 nitrogen and oxygen atoms in total. The highest BCUT2D eigenvalue weighted by molar-refractivity contribution is 5.85. The lowest BCUT2D eigenvalue weighted by molar-refractivity contribution is -0.142. The number of rotatable bonds is 3. The number of hydrogen-bond donors (Lipinski definition) is 1. The summed E-state index contributed by atoms with van der Waals surface area (Å²) in [6.45, 7) is 0.608. The monoisotopic (exact) mass is 283 g/mol. The van der Waals surface area contributed by atoms with Crippen molar-refractivity contribution in [2.45, 2.75) is 18.9 Å². The largest absolute Gasteiger partial charge is 0.493 e. The van der Waals surface area contributed by atoms with Gasteiger partial charge >= 0.3 is 5.97 Å². The molecule has 1 aliphatic rings. The molecule has 2 N–H and O–H groups in total. The summed E-state index contributed by atoms with van der Waals surface area (Å²) >= 11 is 0. The van der Waals surface area contributed by atoms with E-state index in [1.807, 2.05) is 30.3 Å². The third-order valence-electron chi connectivity index (χ3n) is 2.95. The van der Waals surface area contributed by atoms with Crippen LogP contribution in [0.1, 0.15) is 18.4 Å². The second-order valence-corrected chi connectivity index (χ2v) is 4.27. The van der Waals surface area contributed by atoms with Crippen LogP contribution in [-0.2, 0) is 9.53 Å². The van der Waals surface area contributed by atoms with E-state index in [9.17, 15) is 4.79 Å². The Morgan fingerprint density at radius 1 is 1.47 bits per heavy atom. The van der Waals surface area contributed by atoms with Crippen LogP contribution in [0.25, 0.3) is 6.08 Å². The van der Waals surface area contributed by atoms with Gasteiger partial charge in [-0.15, -0.1) is 12.4 Å². The van der Waals surface area contributed by atoms with Crippen molar-refractivity contribution in [2.24, 2.45) is 5.73 Å². The smallest absolute Gasteiger partial charge is 0.322 e. The maximum Gasteiger partial charge on any atom is 0.322 e. The molecule has 0 saturated carbocycles. The zero-order chi connectivity index (χ0) is 13.0. The number of halogens is 1. The van der Waals surface area contributed by atoms with Crippen molar-refractivity contribution in [1.82, 2.24) is 0 Å². The number of carbonyl (C=O) groups is 1. The zero-order valence-electron chi connectivity index (χ0n) is 10.8. The highest BCUT2D eigenvalue weighted by Gasteiger charge is 2.17. The molecular formula is C14H18ClNO3. The fraction of sp³-hybridized carbons (Fsp3) is 0.357. The van der Waals surface area contributed by atoms with E-state index in [2.05, 4.69) is 4.74 Å². The minimum absolute atomic E-state index is 0. The number of hydrogen-bond acceptors (Lipinski definition) is 4. The molecule has 5 heteroatoms. The summed E-state index contributed by atoms with van der Waals surface area (Å²) < 4.78 is 10.3. The van der Waals surface area contributed by atoms with Crippen LogP contribution in [-0.4, -0.2) is 25.7 Å². The Labute approximate surface area is 119 Å². The van der Waals surface area contributed by atoms with Gasteiger partial charge in [0.15, 0.2) is 0 Å². The Morgan fingerprint density at radius 3 is 2.95 bits per heavy atom. The van der Waals surface area contributed by atoms with E-state index in [0.29, 0.717) is 13.0 Å². The Kier molecular flexibility index (Phi) is 5.86. The molecule has 0 bridgehead atoms. The van der Waals surface area contributed by atoms with Crippen LogP contribution in [0.15, 0.2) is 29.8 Å². The van der Waals surface area contributed by atoms with Crippen molar-refractivity contribution in [3.05, 3.63) is 35.4 Å². The van der Waals surface area contributed by atoms with E-state index in [1.165, 1.54) is 7.11 Å². The predicted octanol–water partition coefficient (Wildman–Crippen LogP) is 2.16. The first-order valence-corrected chi connectivity index (χ1v) is 5.95. The standard InChI is InChI=1S/C14H17NO3.ClH/c1-17-14(16)12(15)9-10-6-7-18-13-5-3-2-4-11(13)8-10;/h2-5,8,12H,6-7,9,15H2,1H3;1H. The van der Waals surface area contributed by atoms with E-state index in [1.54, 1.807) is 0 Å². The van der Waals surface area contributed by atoms with Crippen molar-refractivity contribution >= 4 is 24.5 Å². The van der Waals surface area contributed by atoms with Crippen LogP contribution in [0.4, 0.5) is 0 Å². The SMILES string of the molecule is COC(=O)C(N)CC1=Cc2ccccc2OCC1.Cl. The lowest BCUT2D eigenvalue weighted by Crippen LogP contribution is -2.31. The summed E-state index contributed by atoms with van der Waals surface area (Å²) in [7, 11) is 1.35. The molecule has 0 amide bonds. The molecule has 0 aliphatic carbocycles. The summed E-state index contributed by atoms with van der Waals surface area (Å²) in [6.07, 6.45) is 3.33. The average Bonchev–Trinajstić information content (AvgIpc) is 2.59. The molecule has 1 heterocycles. The molecule has 1 unspecified atom stereocenters. The number of ether oxygens (including phenoxy) is 2. The van der Waals surface area contributed by atoms with Crippen molar-refractivity contribution in [1.29, 1.82) is 0 Å². The van der Waals surface area contributed by atoms with Crippen molar-refractivity contribution in [2.75, 3.05) is 13.7 Å². The van der Waals surface area contributed by atoms with E-state index in [4.69, 9.17) is 10.5 Å². The minimum Gasteiger partial charge on any atom is -0.493 e. The van der Waals surface area contributed by atoms with Gasteiger partial charge in [-0.3, -0.25) is 4.79 Å². The van der Waals surface area contributed by atoms with Crippen molar-refractivity contribution in [3.63, 3.8) is 0 Å². The Morgan fingerprint density at radius 2 is 2.21 bits per heavy atom. The molecule has 104 valence electrons. The number of methoxy groups -OCH3 is 1. The molecule has 19 heavy (non-hydrogen) atoms. The topological polar surface area (TPSA) is 61.5 Å². The average molecular weight is 284 g/mol. The van der Waals surface area contributed by atoms with Crippen molar-refractivity contribution < 1.29 is 14.3 Å². The summed E-state index contributed by atoms with van der Waals surface area (Å²) in [5, 5.41) is 0. The van der Waals surface area contributed by atoms with Crippen LogP contribution in [0.2, 0.25) is 0 Å². The lowest BCUT2D eigenvalue weighted by Gasteiger charge is -2.10. The van der Waals surface area contributed by atoms with Crippen molar-refractivity contribution in [3.8, 4) is 5.75 Å². The van der Waals surface area contributed by atoms with Gasteiger partial charge in [0.05, 0.1) is 13.7 Å². The van der Waals surface area contributed by atoms with Gasteiger partial charge in [-0.25, -0.2) is 0 Å². The van der Waals surface area contributed by atoms with Gasteiger partial charge in [-0.05, 0) is 12.5 Å². The van der Waals surface area contributed by atoms with E-state index < -0.39 is 6.04 Å². The molecule has 0 radical (unpaired) electrons. The summed E-state index contributed by atoms with van der Waals surface area (Å²) in [4.78, 5) is 11.3. The van der Waals surface area contributed by atoms with Gasteiger partial charge < -0.3 is 15.2 Å². The molecule has 0 fully saturated rings. The van der Waals surface area contributed by atoms with E-state index in [0.717, 1.165) is 23.3 Å². The Balaban J connectivity index is 0.00000180. The lowest BCUT2D eigenvalue weighted by atomic mass is 10.0. The fourth-order valence-electron chi connectivity index (χ4n) is 1.99.